The van der Waals surface area contributed by atoms with Crippen LogP contribution in [0, 0.1) is 0 Å². The molecule has 0 aromatic heterocycles. The fourth-order valence-electron chi connectivity index (χ4n) is 3.22. The third-order valence-corrected chi connectivity index (χ3v) is 5.01. The van der Waals surface area contributed by atoms with Gasteiger partial charge < -0.3 is 25.0 Å². The summed E-state index contributed by atoms with van der Waals surface area (Å²) in [6, 6.07) is 18.6. The van der Waals surface area contributed by atoms with Gasteiger partial charge in [0.1, 0.15) is 31.5 Å². The average Bonchev–Trinajstić information content (AvgIpc) is 2.72. The van der Waals surface area contributed by atoms with Crippen molar-refractivity contribution in [3.63, 3.8) is 0 Å². The molecular weight excluding hydrogens is 358 g/mol. The lowest BCUT2D eigenvalue weighted by atomic mass is 10.2. The average molecular weight is 387 g/mol. The van der Waals surface area contributed by atoms with Crippen molar-refractivity contribution in [2.24, 2.45) is 0 Å². The SMILES string of the molecule is COc1ccc(CNC(=S)NC[C@H]2C[NH+](Cc3ccccc3)CCO2)cc1. The van der Waals surface area contributed by atoms with Crippen molar-refractivity contribution in [1.29, 1.82) is 0 Å². The van der Waals surface area contributed by atoms with E-state index in [9.17, 15) is 0 Å². The molecule has 0 bridgehead atoms. The molecule has 0 saturated carbocycles. The number of hydrogen-bond donors (Lipinski definition) is 3. The van der Waals surface area contributed by atoms with Gasteiger partial charge in [-0.2, -0.15) is 0 Å². The second-order valence-electron chi connectivity index (χ2n) is 6.77. The first-order valence-corrected chi connectivity index (χ1v) is 9.77. The van der Waals surface area contributed by atoms with Crippen LogP contribution in [-0.4, -0.2) is 44.6 Å². The molecule has 0 amide bonds. The maximum atomic E-state index is 5.90. The molecule has 2 aromatic rings. The van der Waals surface area contributed by atoms with Gasteiger partial charge in [0.25, 0.3) is 0 Å². The third kappa shape index (κ3) is 6.50. The van der Waals surface area contributed by atoms with Gasteiger partial charge in [0.2, 0.25) is 0 Å². The molecule has 27 heavy (non-hydrogen) atoms. The van der Waals surface area contributed by atoms with Crippen LogP contribution < -0.4 is 20.3 Å². The summed E-state index contributed by atoms with van der Waals surface area (Å²) < 4.78 is 11.1. The topological polar surface area (TPSA) is 47.0 Å². The zero-order valence-electron chi connectivity index (χ0n) is 15.7. The van der Waals surface area contributed by atoms with Gasteiger partial charge >= 0.3 is 0 Å². The molecule has 0 spiro atoms. The molecule has 3 N–H and O–H groups in total. The lowest BCUT2D eigenvalue weighted by Gasteiger charge is -2.30. The molecule has 1 aliphatic rings. The van der Waals surface area contributed by atoms with Gasteiger partial charge in [-0.1, -0.05) is 42.5 Å². The van der Waals surface area contributed by atoms with Crippen molar-refractivity contribution in [2.45, 2.75) is 19.2 Å². The Morgan fingerprint density at radius 1 is 1.11 bits per heavy atom. The zero-order valence-corrected chi connectivity index (χ0v) is 16.6. The summed E-state index contributed by atoms with van der Waals surface area (Å²) in [5, 5.41) is 7.19. The van der Waals surface area contributed by atoms with Gasteiger partial charge in [-0.15, -0.1) is 0 Å². The molecule has 1 heterocycles. The number of benzene rings is 2. The number of thiocarbonyl (C=S) groups is 1. The van der Waals surface area contributed by atoms with Crippen LogP contribution in [0.4, 0.5) is 0 Å². The van der Waals surface area contributed by atoms with Gasteiger partial charge in [-0.3, -0.25) is 0 Å². The highest BCUT2D eigenvalue weighted by Crippen LogP contribution is 2.10. The molecule has 0 radical (unpaired) electrons. The maximum Gasteiger partial charge on any atom is 0.166 e. The molecule has 1 fully saturated rings. The number of morpholine rings is 1. The van der Waals surface area contributed by atoms with E-state index in [2.05, 4.69) is 41.0 Å². The summed E-state index contributed by atoms with van der Waals surface area (Å²) in [5.41, 5.74) is 2.53. The van der Waals surface area contributed by atoms with Crippen LogP contribution in [0.25, 0.3) is 0 Å². The zero-order chi connectivity index (χ0) is 18.9. The van der Waals surface area contributed by atoms with Gasteiger partial charge in [-0.05, 0) is 29.9 Å². The van der Waals surface area contributed by atoms with E-state index in [0.717, 1.165) is 44.1 Å². The fraction of sp³-hybridized carbons (Fsp3) is 0.381. The van der Waals surface area contributed by atoms with Crippen LogP contribution >= 0.6 is 12.2 Å². The van der Waals surface area contributed by atoms with E-state index in [1.807, 2.05) is 24.3 Å². The predicted molar refractivity (Wildman–Crippen MR) is 111 cm³/mol. The van der Waals surface area contributed by atoms with E-state index in [1.54, 1.807) is 12.0 Å². The molecule has 144 valence electrons. The maximum absolute atomic E-state index is 5.90. The highest BCUT2D eigenvalue weighted by atomic mass is 32.1. The van der Waals surface area contributed by atoms with E-state index in [4.69, 9.17) is 21.7 Å². The largest absolute Gasteiger partial charge is 0.497 e. The van der Waals surface area contributed by atoms with Crippen molar-refractivity contribution < 1.29 is 14.4 Å². The van der Waals surface area contributed by atoms with Crippen molar-refractivity contribution >= 4 is 17.3 Å². The van der Waals surface area contributed by atoms with Crippen LogP contribution in [0.3, 0.4) is 0 Å². The summed E-state index contributed by atoms with van der Waals surface area (Å²) in [4.78, 5) is 1.55. The molecule has 2 atom stereocenters. The van der Waals surface area contributed by atoms with Crippen LogP contribution in [0.15, 0.2) is 54.6 Å². The molecule has 0 aliphatic carbocycles. The highest BCUT2D eigenvalue weighted by Gasteiger charge is 2.23. The first-order chi connectivity index (χ1) is 13.2. The third-order valence-electron chi connectivity index (χ3n) is 4.72. The summed E-state index contributed by atoms with van der Waals surface area (Å²) >= 11 is 5.40. The van der Waals surface area contributed by atoms with Crippen LogP contribution in [0.5, 0.6) is 5.75 Å². The number of rotatable bonds is 7. The first-order valence-electron chi connectivity index (χ1n) is 9.36. The van der Waals surface area contributed by atoms with Crippen molar-refractivity contribution in [1.82, 2.24) is 10.6 Å². The number of methoxy groups -OCH3 is 1. The lowest BCUT2D eigenvalue weighted by Crippen LogP contribution is -3.13. The molecular formula is C21H28N3O2S+. The molecule has 5 nitrogen and oxygen atoms in total. The van der Waals surface area contributed by atoms with Gasteiger partial charge in [0.05, 0.1) is 13.7 Å². The Morgan fingerprint density at radius 2 is 1.89 bits per heavy atom. The lowest BCUT2D eigenvalue weighted by molar-refractivity contribution is -0.925. The Kier molecular flexibility index (Phi) is 7.45. The second-order valence-corrected chi connectivity index (χ2v) is 7.18. The Bertz CT molecular complexity index is 709. The number of quaternary nitrogens is 1. The minimum absolute atomic E-state index is 0.179. The van der Waals surface area contributed by atoms with Gasteiger partial charge in [0.15, 0.2) is 5.11 Å². The molecule has 1 unspecified atom stereocenters. The Balaban J connectivity index is 1.37. The van der Waals surface area contributed by atoms with Crippen molar-refractivity contribution in [3.8, 4) is 5.75 Å². The smallest absolute Gasteiger partial charge is 0.166 e. The van der Waals surface area contributed by atoms with E-state index < -0.39 is 0 Å². The summed E-state index contributed by atoms with van der Waals surface area (Å²) in [7, 11) is 1.67. The normalized spacial score (nSPS) is 19.3. The van der Waals surface area contributed by atoms with E-state index >= 15 is 0 Å². The van der Waals surface area contributed by atoms with E-state index in [1.165, 1.54) is 5.56 Å². The molecule has 3 rings (SSSR count). The highest BCUT2D eigenvalue weighted by molar-refractivity contribution is 7.80. The van der Waals surface area contributed by atoms with Crippen molar-refractivity contribution in [2.75, 3.05) is 33.4 Å². The summed E-state index contributed by atoms with van der Waals surface area (Å²) in [5.74, 6) is 0.858. The summed E-state index contributed by atoms with van der Waals surface area (Å²) in [6.07, 6.45) is 0.179. The summed E-state index contributed by atoms with van der Waals surface area (Å²) in [6.45, 7) is 5.29. The Hall–Kier alpha value is -2.15. The van der Waals surface area contributed by atoms with Crippen LogP contribution in [0.1, 0.15) is 11.1 Å². The standard InChI is InChI=1S/C21H27N3O2S/c1-25-19-9-7-17(8-10-19)13-22-21(27)23-14-20-16-24(11-12-26-20)15-18-5-3-2-4-6-18/h2-10,20H,11-16H2,1H3,(H2,22,23,27)/p+1/t20-/m0/s1. The second kappa shape index (κ2) is 10.3. The number of ether oxygens (including phenoxy) is 2. The van der Waals surface area contributed by atoms with Gasteiger partial charge in [-0.25, -0.2) is 0 Å². The van der Waals surface area contributed by atoms with Crippen LogP contribution in [-0.2, 0) is 17.8 Å². The van der Waals surface area contributed by atoms with Crippen LogP contribution in [0.2, 0.25) is 0 Å². The predicted octanol–water partition coefficient (Wildman–Crippen LogP) is 1.14. The molecule has 6 heteroatoms. The molecule has 1 saturated heterocycles. The minimum atomic E-state index is 0.179. The number of nitrogens with one attached hydrogen (secondary N) is 3. The minimum Gasteiger partial charge on any atom is -0.497 e. The fourth-order valence-corrected chi connectivity index (χ4v) is 3.38. The quantitative estimate of drug-likeness (QED) is 0.623. The number of hydrogen-bond acceptors (Lipinski definition) is 3. The Morgan fingerprint density at radius 3 is 2.63 bits per heavy atom. The molecule has 1 aliphatic heterocycles. The van der Waals surface area contributed by atoms with E-state index in [-0.39, 0.29) is 6.10 Å². The molecule has 2 aromatic carbocycles. The monoisotopic (exact) mass is 386 g/mol. The van der Waals surface area contributed by atoms with Crippen molar-refractivity contribution in [3.05, 3.63) is 65.7 Å². The van der Waals surface area contributed by atoms with E-state index in [0.29, 0.717) is 11.7 Å². The Labute approximate surface area is 166 Å². The first kappa shape index (κ1) is 19.6. The van der Waals surface area contributed by atoms with Gasteiger partial charge in [0, 0.05) is 18.7 Å².